The number of nitrogens with one attached hydrogen (secondary N) is 1. The summed E-state index contributed by atoms with van der Waals surface area (Å²) in [5.74, 6) is -0.621. The number of rotatable bonds is 6. The largest absolute Gasteiger partial charge is 0.455 e. The Kier molecular flexibility index (Phi) is 6.49. The van der Waals surface area contributed by atoms with Crippen LogP contribution in [0.4, 0.5) is 10.1 Å². The van der Waals surface area contributed by atoms with E-state index in [0.717, 1.165) is 27.3 Å². The number of hydrogen-bond donors (Lipinski definition) is 1. The normalized spacial score (nSPS) is 11.7. The maximum Gasteiger partial charge on any atom is 0.255 e. The third-order valence-electron chi connectivity index (χ3n) is 7.22. The van der Waals surface area contributed by atoms with Gasteiger partial charge in [0.1, 0.15) is 28.5 Å². The highest BCUT2D eigenvalue weighted by atomic mass is 32.2. The van der Waals surface area contributed by atoms with Crippen molar-refractivity contribution in [3.8, 4) is 33.8 Å². The predicted octanol–water partition coefficient (Wildman–Crippen LogP) is 5.01. The smallest absolute Gasteiger partial charge is 0.255 e. The molecular formula is C30H25FN6O4S. The van der Waals surface area contributed by atoms with E-state index in [4.69, 9.17) is 4.42 Å². The lowest BCUT2D eigenvalue weighted by molar-refractivity contribution is 0.0964. The van der Waals surface area contributed by atoms with Crippen LogP contribution in [-0.4, -0.2) is 54.4 Å². The first-order valence-electron chi connectivity index (χ1n) is 12.8. The molecule has 212 valence electrons. The number of furan rings is 1. The fourth-order valence-electron chi connectivity index (χ4n) is 5.00. The molecule has 1 amide bonds. The Labute approximate surface area is 240 Å². The van der Waals surface area contributed by atoms with E-state index in [0.29, 0.717) is 33.5 Å². The molecule has 4 aromatic heterocycles. The highest BCUT2D eigenvalue weighted by molar-refractivity contribution is 7.92. The number of carbonyl (C=O) groups is 1. The molecule has 10 nitrogen and oxygen atoms in total. The maximum absolute atomic E-state index is 13.7. The number of aryl methyl sites for hydroxylation is 1. The first kappa shape index (κ1) is 27.1. The molecule has 6 rings (SSSR count). The first-order chi connectivity index (χ1) is 20.1. The molecule has 0 aliphatic heterocycles. The number of aromatic nitrogens is 4. The summed E-state index contributed by atoms with van der Waals surface area (Å²) in [5.41, 5.74) is 4.46. The van der Waals surface area contributed by atoms with E-state index < -0.39 is 21.7 Å². The Morgan fingerprint density at radius 3 is 2.52 bits per heavy atom. The molecule has 0 aliphatic carbocycles. The highest BCUT2D eigenvalue weighted by Crippen LogP contribution is 2.41. The summed E-state index contributed by atoms with van der Waals surface area (Å²) >= 11 is 0. The summed E-state index contributed by atoms with van der Waals surface area (Å²) < 4.78 is 48.3. The maximum atomic E-state index is 13.7. The van der Waals surface area contributed by atoms with E-state index in [-0.39, 0.29) is 16.9 Å². The number of hydrogen-bond acceptors (Lipinski definition) is 7. The number of amides is 1. The van der Waals surface area contributed by atoms with Crippen molar-refractivity contribution >= 4 is 43.6 Å². The fraction of sp³-hybridized carbons (Fsp3) is 0.133. The van der Waals surface area contributed by atoms with Gasteiger partial charge in [0, 0.05) is 60.9 Å². The number of benzene rings is 2. The summed E-state index contributed by atoms with van der Waals surface area (Å²) in [6.45, 7) is 0. The molecule has 0 spiro atoms. The van der Waals surface area contributed by atoms with Crippen LogP contribution in [0.2, 0.25) is 0 Å². The summed E-state index contributed by atoms with van der Waals surface area (Å²) in [4.78, 5) is 17.6. The van der Waals surface area contributed by atoms with E-state index in [2.05, 4.69) is 20.5 Å². The second kappa shape index (κ2) is 10.1. The Bertz CT molecular complexity index is 2120. The van der Waals surface area contributed by atoms with Gasteiger partial charge in [-0.3, -0.25) is 9.10 Å². The first-order valence-corrected chi connectivity index (χ1v) is 14.7. The molecule has 0 saturated carbocycles. The van der Waals surface area contributed by atoms with Gasteiger partial charge in [-0.25, -0.2) is 17.8 Å². The van der Waals surface area contributed by atoms with Crippen molar-refractivity contribution in [2.75, 3.05) is 24.7 Å². The molecule has 6 aromatic rings. The molecule has 0 fully saturated rings. The summed E-state index contributed by atoms with van der Waals surface area (Å²) in [6.07, 6.45) is 4.35. The monoisotopic (exact) mass is 584 g/mol. The van der Waals surface area contributed by atoms with Gasteiger partial charge in [0.15, 0.2) is 0 Å². The standard InChI is InChI=1S/C30H25FN6O4S/c1-32-30(38)27-22-14-21(19-12-23(35-34-16-19)25-13-18-6-5-11-33-29(18)36(25)2)24(37(3)42(4,39)40)15-26(22)41-28(27)17-7-9-20(31)10-8-17/h5-16H,1-4H3,(H,32,38). The van der Waals surface area contributed by atoms with Crippen LogP contribution in [0, 0.1) is 5.82 Å². The zero-order valence-electron chi connectivity index (χ0n) is 23.1. The molecule has 42 heavy (non-hydrogen) atoms. The van der Waals surface area contributed by atoms with Crippen molar-refractivity contribution < 1.29 is 22.0 Å². The van der Waals surface area contributed by atoms with Crippen molar-refractivity contribution in [1.82, 2.24) is 25.1 Å². The Morgan fingerprint density at radius 1 is 1.07 bits per heavy atom. The highest BCUT2D eigenvalue weighted by Gasteiger charge is 2.26. The van der Waals surface area contributed by atoms with Gasteiger partial charge in [0.2, 0.25) is 10.0 Å². The van der Waals surface area contributed by atoms with Crippen LogP contribution >= 0.6 is 0 Å². The molecule has 12 heteroatoms. The Hall–Kier alpha value is -5.10. The van der Waals surface area contributed by atoms with Crippen molar-refractivity contribution in [3.63, 3.8) is 0 Å². The summed E-state index contributed by atoms with van der Waals surface area (Å²) in [6, 6.07) is 16.4. The van der Waals surface area contributed by atoms with Gasteiger partial charge in [0.25, 0.3) is 5.91 Å². The number of sulfonamides is 1. The fourth-order valence-corrected chi connectivity index (χ4v) is 5.51. The molecule has 0 unspecified atom stereocenters. The van der Waals surface area contributed by atoms with Crippen molar-refractivity contribution in [2.45, 2.75) is 0 Å². The van der Waals surface area contributed by atoms with Gasteiger partial charge >= 0.3 is 0 Å². The number of pyridine rings is 1. The molecule has 0 radical (unpaired) electrons. The molecule has 0 aliphatic rings. The van der Waals surface area contributed by atoms with E-state index in [1.807, 2.05) is 35.9 Å². The average Bonchev–Trinajstić information content (AvgIpc) is 3.53. The van der Waals surface area contributed by atoms with E-state index in [1.54, 1.807) is 18.3 Å². The van der Waals surface area contributed by atoms with Gasteiger partial charge in [-0.2, -0.15) is 5.10 Å². The lowest BCUT2D eigenvalue weighted by Crippen LogP contribution is -2.25. The van der Waals surface area contributed by atoms with Crippen LogP contribution in [0.3, 0.4) is 0 Å². The molecule has 0 bridgehead atoms. The SMILES string of the molecule is CNC(=O)c1c(-c2ccc(F)cc2)oc2cc(N(C)S(C)(=O)=O)c(-c3cnnc(-c4cc5cccnc5n4C)c3)cc12. The zero-order valence-corrected chi connectivity index (χ0v) is 23.9. The van der Waals surface area contributed by atoms with Crippen LogP contribution < -0.4 is 9.62 Å². The molecular weight excluding hydrogens is 559 g/mol. The van der Waals surface area contributed by atoms with Crippen LogP contribution in [-0.2, 0) is 17.1 Å². The third-order valence-corrected chi connectivity index (χ3v) is 8.41. The number of halogens is 1. The topological polar surface area (TPSA) is 123 Å². The molecule has 1 N–H and O–H groups in total. The Balaban J connectivity index is 1.62. The van der Waals surface area contributed by atoms with Gasteiger partial charge in [-0.05, 0) is 54.6 Å². The van der Waals surface area contributed by atoms with Gasteiger partial charge in [0.05, 0.1) is 29.4 Å². The van der Waals surface area contributed by atoms with Crippen molar-refractivity contribution in [2.24, 2.45) is 7.05 Å². The molecule has 4 heterocycles. The minimum Gasteiger partial charge on any atom is -0.455 e. The van der Waals surface area contributed by atoms with E-state index >= 15 is 0 Å². The zero-order chi connectivity index (χ0) is 29.8. The lowest BCUT2D eigenvalue weighted by atomic mass is 9.99. The van der Waals surface area contributed by atoms with Crippen molar-refractivity contribution in [3.05, 3.63) is 84.4 Å². The minimum absolute atomic E-state index is 0.228. The quantitative estimate of drug-likeness (QED) is 0.292. The molecule has 2 aromatic carbocycles. The summed E-state index contributed by atoms with van der Waals surface area (Å²) in [7, 11) is 1.12. The lowest BCUT2D eigenvalue weighted by Gasteiger charge is -2.20. The second-order valence-corrected chi connectivity index (χ2v) is 11.8. The van der Waals surface area contributed by atoms with Crippen LogP contribution in [0.15, 0.2) is 77.5 Å². The summed E-state index contributed by atoms with van der Waals surface area (Å²) in [5, 5.41) is 12.6. The van der Waals surface area contributed by atoms with Crippen LogP contribution in [0.5, 0.6) is 0 Å². The van der Waals surface area contributed by atoms with Gasteiger partial charge in [-0.1, -0.05) is 0 Å². The predicted molar refractivity (Wildman–Crippen MR) is 159 cm³/mol. The van der Waals surface area contributed by atoms with Gasteiger partial charge < -0.3 is 14.3 Å². The minimum atomic E-state index is -3.70. The third kappa shape index (κ3) is 4.55. The van der Waals surface area contributed by atoms with Crippen molar-refractivity contribution in [1.29, 1.82) is 0 Å². The van der Waals surface area contributed by atoms with Crippen LogP contribution in [0.25, 0.3) is 55.8 Å². The number of anilines is 1. The average molecular weight is 585 g/mol. The second-order valence-electron chi connectivity index (χ2n) is 9.82. The van der Waals surface area contributed by atoms with E-state index in [1.165, 1.54) is 44.6 Å². The Morgan fingerprint density at radius 2 is 1.83 bits per heavy atom. The molecule has 0 saturated heterocycles. The number of nitrogens with zero attached hydrogens (tertiary/aromatic N) is 5. The van der Waals surface area contributed by atoms with Crippen LogP contribution in [0.1, 0.15) is 10.4 Å². The van der Waals surface area contributed by atoms with Gasteiger partial charge in [-0.15, -0.1) is 5.10 Å². The van der Waals surface area contributed by atoms with E-state index in [9.17, 15) is 17.6 Å². The molecule has 0 atom stereocenters. The number of carbonyl (C=O) groups excluding carboxylic acids is 1. The number of fused-ring (bicyclic) bond motifs is 2.